The van der Waals surface area contributed by atoms with E-state index in [-0.39, 0.29) is 22.6 Å². The third-order valence-corrected chi connectivity index (χ3v) is 5.88. The lowest BCUT2D eigenvalue weighted by atomic mass is 10.1. The van der Waals surface area contributed by atoms with Crippen molar-refractivity contribution in [3.8, 4) is 5.75 Å². The minimum Gasteiger partial charge on any atom is -0.496 e. The molecule has 10 heteroatoms. The number of hydrogen-bond acceptors (Lipinski definition) is 7. The summed E-state index contributed by atoms with van der Waals surface area (Å²) >= 11 is 3.18. The van der Waals surface area contributed by atoms with E-state index >= 15 is 0 Å². The third kappa shape index (κ3) is 4.89. The van der Waals surface area contributed by atoms with Gasteiger partial charge in [0.2, 0.25) is 10.0 Å². The Morgan fingerprint density at radius 2 is 1.61 bits per heavy atom. The molecule has 2 aromatic carbocycles. The zero-order valence-corrected chi connectivity index (χ0v) is 17.7. The molecule has 2 aromatic rings. The Balaban J connectivity index is 2.27. The molecule has 1 N–H and O–H groups in total. The van der Waals surface area contributed by atoms with Crippen molar-refractivity contribution in [2.45, 2.75) is 11.4 Å². The second kappa shape index (κ2) is 9.18. The summed E-state index contributed by atoms with van der Waals surface area (Å²) in [5.41, 5.74) is 0.788. The van der Waals surface area contributed by atoms with Gasteiger partial charge in [-0.3, -0.25) is 0 Å². The molecule has 0 aliphatic heterocycles. The Morgan fingerprint density at radius 1 is 0.964 bits per heavy atom. The summed E-state index contributed by atoms with van der Waals surface area (Å²) in [7, 11) is -0.0618. The van der Waals surface area contributed by atoms with Gasteiger partial charge in [-0.25, -0.2) is 22.7 Å². The summed E-state index contributed by atoms with van der Waals surface area (Å²) < 4.78 is 42.5. The van der Waals surface area contributed by atoms with Crippen LogP contribution in [-0.2, 0) is 26.0 Å². The normalized spacial score (nSPS) is 11.0. The summed E-state index contributed by atoms with van der Waals surface area (Å²) in [6.07, 6.45) is 0. The molecule has 0 aliphatic rings. The number of sulfonamides is 1. The molecule has 0 aromatic heterocycles. The maximum absolute atomic E-state index is 12.6. The molecular formula is C18H18BrNO7S. The average molecular weight is 472 g/mol. The molecule has 150 valence electrons. The Labute approximate surface area is 171 Å². The van der Waals surface area contributed by atoms with Crippen molar-refractivity contribution in [1.29, 1.82) is 0 Å². The van der Waals surface area contributed by atoms with E-state index in [1.165, 1.54) is 45.6 Å². The van der Waals surface area contributed by atoms with Crippen LogP contribution in [0.3, 0.4) is 0 Å². The number of rotatable bonds is 7. The molecular weight excluding hydrogens is 454 g/mol. The van der Waals surface area contributed by atoms with Crippen LogP contribution in [0, 0.1) is 0 Å². The predicted octanol–water partition coefficient (Wildman–Crippen LogP) is 2.51. The van der Waals surface area contributed by atoms with Crippen LogP contribution in [-0.4, -0.2) is 41.7 Å². The highest BCUT2D eigenvalue weighted by molar-refractivity contribution is 9.10. The summed E-state index contributed by atoms with van der Waals surface area (Å²) in [6.45, 7) is -0.0834. The maximum atomic E-state index is 12.6. The number of carbonyl (C=O) groups excluding carboxylic acids is 2. The molecule has 0 unspecified atom stereocenters. The molecule has 0 aliphatic carbocycles. The van der Waals surface area contributed by atoms with Gasteiger partial charge in [0.25, 0.3) is 0 Å². The fourth-order valence-electron chi connectivity index (χ4n) is 2.33. The lowest BCUT2D eigenvalue weighted by molar-refractivity contribution is 0.0589. The molecule has 0 radical (unpaired) electrons. The molecule has 8 nitrogen and oxygen atoms in total. The van der Waals surface area contributed by atoms with Crippen LogP contribution in [0.15, 0.2) is 45.8 Å². The van der Waals surface area contributed by atoms with E-state index in [9.17, 15) is 18.0 Å². The number of halogens is 1. The number of esters is 2. The Hall–Kier alpha value is -2.43. The van der Waals surface area contributed by atoms with Gasteiger partial charge in [-0.1, -0.05) is 6.07 Å². The van der Waals surface area contributed by atoms with Crippen LogP contribution in [0.25, 0.3) is 0 Å². The van der Waals surface area contributed by atoms with Crippen molar-refractivity contribution in [2.75, 3.05) is 21.3 Å². The van der Waals surface area contributed by atoms with Crippen LogP contribution in [0.2, 0.25) is 0 Å². The van der Waals surface area contributed by atoms with Crippen molar-refractivity contribution < 1.29 is 32.2 Å². The van der Waals surface area contributed by atoms with E-state index in [2.05, 4.69) is 25.4 Å². The van der Waals surface area contributed by atoms with Crippen LogP contribution in [0.4, 0.5) is 0 Å². The van der Waals surface area contributed by atoms with Gasteiger partial charge in [0, 0.05) is 11.0 Å². The van der Waals surface area contributed by atoms with E-state index in [1.807, 2.05) is 0 Å². The smallest absolute Gasteiger partial charge is 0.341 e. The first-order valence-corrected chi connectivity index (χ1v) is 10.1. The zero-order valence-electron chi connectivity index (χ0n) is 15.3. The topological polar surface area (TPSA) is 108 Å². The Bertz CT molecular complexity index is 1000. The highest BCUT2D eigenvalue weighted by atomic mass is 79.9. The van der Waals surface area contributed by atoms with Crippen molar-refractivity contribution in [1.82, 2.24) is 4.72 Å². The molecule has 0 fully saturated rings. The standard InChI is InChI=1S/C18H18BrNO7S/c1-25-16-7-4-11(8-14(16)18(22)27-3)10-20-28(23,24)12-5-6-15(19)13(9-12)17(21)26-2/h4-9,20H,10H2,1-3H3. The van der Waals surface area contributed by atoms with Gasteiger partial charge in [-0.2, -0.15) is 0 Å². The number of benzene rings is 2. The number of ether oxygens (including phenoxy) is 3. The summed E-state index contributed by atoms with van der Waals surface area (Å²) in [5.74, 6) is -0.951. The monoisotopic (exact) mass is 471 g/mol. The van der Waals surface area contributed by atoms with Crippen LogP contribution < -0.4 is 9.46 Å². The van der Waals surface area contributed by atoms with E-state index < -0.39 is 22.0 Å². The van der Waals surface area contributed by atoms with E-state index in [0.717, 1.165) is 0 Å². The first-order chi connectivity index (χ1) is 13.2. The lowest BCUT2D eigenvalue weighted by Crippen LogP contribution is -2.24. The SMILES string of the molecule is COC(=O)c1cc(S(=O)(=O)NCc2ccc(OC)c(C(=O)OC)c2)ccc1Br. The lowest BCUT2D eigenvalue weighted by Gasteiger charge is -2.11. The first-order valence-electron chi connectivity index (χ1n) is 7.86. The molecule has 0 heterocycles. The average Bonchev–Trinajstić information content (AvgIpc) is 2.71. The molecule has 0 amide bonds. The third-order valence-electron chi connectivity index (χ3n) is 3.79. The molecule has 0 atom stereocenters. The van der Waals surface area contributed by atoms with Gasteiger partial charge in [0.1, 0.15) is 11.3 Å². The van der Waals surface area contributed by atoms with Gasteiger partial charge < -0.3 is 14.2 Å². The molecule has 2 rings (SSSR count). The van der Waals surface area contributed by atoms with Gasteiger partial charge in [-0.15, -0.1) is 0 Å². The Morgan fingerprint density at radius 3 is 2.21 bits per heavy atom. The van der Waals surface area contributed by atoms with Crippen LogP contribution >= 0.6 is 15.9 Å². The van der Waals surface area contributed by atoms with Gasteiger partial charge in [0.05, 0.1) is 31.8 Å². The number of carbonyl (C=O) groups is 2. The van der Waals surface area contributed by atoms with E-state index in [1.54, 1.807) is 12.1 Å². The van der Waals surface area contributed by atoms with Crippen molar-refractivity contribution >= 4 is 37.9 Å². The minimum atomic E-state index is -3.92. The van der Waals surface area contributed by atoms with Gasteiger partial charge >= 0.3 is 11.9 Å². The molecule has 28 heavy (non-hydrogen) atoms. The van der Waals surface area contributed by atoms with Crippen molar-refractivity contribution in [3.05, 3.63) is 57.6 Å². The molecule has 0 saturated heterocycles. The second-order valence-electron chi connectivity index (χ2n) is 5.48. The highest BCUT2D eigenvalue weighted by Gasteiger charge is 2.20. The number of hydrogen-bond donors (Lipinski definition) is 1. The number of nitrogens with one attached hydrogen (secondary N) is 1. The van der Waals surface area contributed by atoms with E-state index in [0.29, 0.717) is 15.8 Å². The molecule has 0 bridgehead atoms. The van der Waals surface area contributed by atoms with E-state index in [4.69, 9.17) is 9.47 Å². The molecule has 0 spiro atoms. The summed E-state index contributed by atoms with van der Waals surface area (Å²) in [6, 6.07) is 8.66. The second-order valence-corrected chi connectivity index (χ2v) is 8.11. The Kier molecular flexibility index (Phi) is 7.17. The zero-order chi connectivity index (χ0) is 20.9. The van der Waals surface area contributed by atoms with Crippen LogP contribution in [0.1, 0.15) is 26.3 Å². The van der Waals surface area contributed by atoms with Gasteiger partial charge in [-0.05, 0) is 51.8 Å². The largest absolute Gasteiger partial charge is 0.496 e. The highest BCUT2D eigenvalue weighted by Crippen LogP contribution is 2.23. The molecule has 0 saturated carbocycles. The summed E-state index contributed by atoms with van der Waals surface area (Å²) in [4.78, 5) is 23.5. The fraction of sp³-hybridized carbons (Fsp3) is 0.222. The van der Waals surface area contributed by atoms with Crippen molar-refractivity contribution in [2.24, 2.45) is 0 Å². The first kappa shape index (κ1) is 21.9. The van der Waals surface area contributed by atoms with Crippen molar-refractivity contribution in [3.63, 3.8) is 0 Å². The maximum Gasteiger partial charge on any atom is 0.341 e. The summed E-state index contributed by atoms with van der Waals surface area (Å²) in [5, 5.41) is 0. The minimum absolute atomic E-state index is 0.0834. The van der Waals surface area contributed by atoms with Gasteiger partial charge in [0.15, 0.2) is 0 Å². The quantitative estimate of drug-likeness (QED) is 0.617. The van der Waals surface area contributed by atoms with Crippen LogP contribution in [0.5, 0.6) is 5.75 Å². The fourth-order valence-corrected chi connectivity index (χ4v) is 3.79. The predicted molar refractivity (Wildman–Crippen MR) is 104 cm³/mol. The number of methoxy groups -OCH3 is 3.